The number of anilines is 1. The molecule has 0 spiro atoms. The largest absolute Gasteiger partial charge is 0.417 e. The topological polar surface area (TPSA) is 56.6 Å². The summed E-state index contributed by atoms with van der Waals surface area (Å²) >= 11 is 0. The van der Waals surface area contributed by atoms with Crippen LogP contribution in [0, 0.1) is 28.5 Å². The third kappa shape index (κ3) is 4.47. The summed E-state index contributed by atoms with van der Waals surface area (Å²) in [6, 6.07) is 11.2. The van der Waals surface area contributed by atoms with E-state index < -0.39 is 29.0 Å². The smallest absolute Gasteiger partial charge is 0.381 e. The molecule has 0 saturated carbocycles. The predicted octanol–water partition coefficient (Wildman–Crippen LogP) is 4.72. The number of alkyl halides is 3. The molecule has 34 heavy (non-hydrogen) atoms. The molecule has 0 radical (unpaired) electrons. The standard InChI is InChI=1S/C25H25F4N3O2/c1-2-34-16-24-9-10-31(19-8-7-17(12-30)21(11-19)25(27,28)29)13-18(24)14-32(15-24)23(33)20-5-3-4-6-22(20)26/h3-8,11,18H,2,9-10,13-16H2,1H3. The Balaban J connectivity index is 1.60. The second kappa shape index (κ2) is 9.26. The molecular formula is C25H25F4N3O2. The van der Waals surface area contributed by atoms with E-state index in [0.29, 0.717) is 51.5 Å². The van der Waals surface area contributed by atoms with Crippen LogP contribution < -0.4 is 4.90 Å². The molecule has 9 heteroatoms. The molecule has 2 saturated heterocycles. The van der Waals surface area contributed by atoms with E-state index in [1.54, 1.807) is 17.0 Å². The number of halogens is 4. The summed E-state index contributed by atoms with van der Waals surface area (Å²) in [6.45, 7) is 4.48. The van der Waals surface area contributed by atoms with E-state index >= 15 is 0 Å². The summed E-state index contributed by atoms with van der Waals surface area (Å²) in [5, 5.41) is 9.08. The number of benzene rings is 2. The minimum Gasteiger partial charge on any atom is -0.381 e. The summed E-state index contributed by atoms with van der Waals surface area (Å²) < 4.78 is 60.4. The summed E-state index contributed by atoms with van der Waals surface area (Å²) in [7, 11) is 0. The van der Waals surface area contributed by atoms with Crippen molar-refractivity contribution in [1.29, 1.82) is 5.26 Å². The second-order valence-corrected chi connectivity index (χ2v) is 8.90. The lowest BCUT2D eigenvalue weighted by Crippen LogP contribution is -2.49. The van der Waals surface area contributed by atoms with Gasteiger partial charge >= 0.3 is 6.18 Å². The number of carbonyl (C=O) groups excluding carboxylic acids is 1. The molecule has 2 aliphatic rings. The lowest BCUT2D eigenvalue weighted by Gasteiger charge is -2.44. The quantitative estimate of drug-likeness (QED) is 0.588. The van der Waals surface area contributed by atoms with Gasteiger partial charge < -0.3 is 14.5 Å². The van der Waals surface area contributed by atoms with Gasteiger partial charge in [-0.05, 0) is 43.7 Å². The molecule has 180 valence electrons. The zero-order valence-corrected chi connectivity index (χ0v) is 18.7. The normalized spacial score (nSPS) is 22.4. The Bertz CT molecular complexity index is 1110. The number of amides is 1. The van der Waals surface area contributed by atoms with E-state index in [4.69, 9.17) is 10.00 Å². The van der Waals surface area contributed by atoms with E-state index in [1.807, 2.05) is 11.8 Å². The summed E-state index contributed by atoms with van der Waals surface area (Å²) in [5.74, 6) is -1.04. The molecule has 2 aliphatic heterocycles. The van der Waals surface area contributed by atoms with Crippen LogP contribution >= 0.6 is 0 Å². The monoisotopic (exact) mass is 475 g/mol. The number of fused-ring (bicyclic) bond motifs is 1. The first-order valence-corrected chi connectivity index (χ1v) is 11.2. The number of carbonyl (C=O) groups is 1. The van der Waals surface area contributed by atoms with Crippen molar-refractivity contribution in [2.24, 2.45) is 11.3 Å². The summed E-state index contributed by atoms with van der Waals surface area (Å²) in [6.07, 6.45) is -4.02. The molecule has 2 fully saturated rings. The van der Waals surface area contributed by atoms with Crippen LogP contribution in [-0.2, 0) is 10.9 Å². The van der Waals surface area contributed by atoms with Crippen LogP contribution in [0.1, 0.15) is 34.8 Å². The van der Waals surface area contributed by atoms with Crippen molar-refractivity contribution in [2.75, 3.05) is 44.3 Å². The molecule has 2 atom stereocenters. The van der Waals surface area contributed by atoms with Gasteiger partial charge in [-0.1, -0.05) is 12.1 Å². The Morgan fingerprint density at radius 3 is 2.68 bits per heavy atom. The van der Waals surface area contributed by atoms with Gasteiger partial charge in [0.05, 0.1) is 29.4 Å². The minimum absolute atomic E-state index is 0.00599. The van der Waals surface area contributed by atoms with Crippen molar-refractivity contribution < 1.29 is 27.1 Å². The van der Waals surface area contributed by atoms with Gasteiger partial charge in [0.25, 0.3) is 5.91 Å². The zero-order chi connectivity index (χ0) is 24.5. The Hall–Kier alpha value is -3.12. The van der Waals surface area contributed by atoms with Gasteiger partial charge in [-0.15, -0.1) is 0 Å². The average molecular weight is 475 g/mol. The van der Waals surface area contributed by atoms with E-state index in [1.165, 1.54) is 30.3 Å². The van der Waals surface area contributed by atoms with Crippen LogP contribution in [0.15, 0.2) is 42.5 Å². The summed E-state index contributed by atoms with van der Waals surface area (Å²) in [5.41, 5.74) is -1.34. The van der Waals surface area contributed by atoms with Crippen LogP contribution in [0.4, 0.5) is 23.2 Å². The maximum atomic E-state index is 14.2. The first-order chi connectivity index (χ1) is 16.2. The van der Waals surface area contributed by atoms with Crippen molar-refractivity contribution in [3.63, 3.8) is 0 Å². The molecule has 4 rings (SSSR count). The molecule has 5 nitrogen and oxygen atoms in total. The van der Waals surface area contributed by atoms with Gasteiger partial charge in [-0.2, -0.15) is 18.4 Å². The Labute approximate surface area is 195 Å². The number of nitrogens with zero attached hydrogens (tertiary/aromatic N) is 3. The van der Waals surface area contributed by atoms with Crippen LogP contribution in [0.25, 0.3) is 0 Å². The van der Waals surface area contributed by atoms with Gasteiger partial charge in [0.15, 0.2) is 0 Å². The number of hydrogen-bond acceptors (Lipinski definition) is 4. The van der Waals surface area contributed by atoms with Crippen LogP contribution in [0.2, 0.25) is 0 Å². The maximum Gasteiger partial charge on any atom is 0.417 e. The third-order valence-corrected chi connectivity index (χ3v) is 6.91. The minimum atomic E-state index is -4.63. The highest BCUT2D eigenvalue weighted by Crippen LogP contribution is 2.45. The zero-order valence-electron chi connectivity index (χ0n) is 18.7. The fourth-order valence-corrected chi connectivity index (χ4v) is 5.08. The Kier molecular flexibility index (Phi) is 6.54. The van der Waals surface area contributed by atoms with Gasteiger partial charge in [-0.3, -0.25) is 4.79 Å². The Morgan fingerprint density at radius 1 is 1.24 bits per heavy atom. The first-order valence-electron chi connectivity index (χ1n) is 11.2. The first kappa shape index (κ1) is 24.0. The van der Waals surface area contributed by atoms with Crippen LogP contribution in [0.3, 0.4) is 0 Å². The highest BCUT2D eigenvalue weighted by molar-refractivity contribution is 5.94. The van der Waals surface area contributed by atoms with Gasteiger partial charge in [0.2, 0.25) is 0 Å². The van der Waals surface area contributed by atoms with E-state index in [-0.39, 0.29) is 16.9 Å². The lowest BCUT2D eigenvalue weighted by atomic mass is 9.73. The van der Waals surface area contributed by atoms with Crippen LogP contribution in [-0.4, -0.2) is 50.2 Å². The number of ether oxygens (including phenoxy) is 1. The van der Waals surface area contributed by atoms with Crippen molar-refractivity contribution in [3.05, 3.63) is 65.0 Å². The van der Waals surface area contributed by atoms with E-state index in [9.17, 15) is 22.4 Å². The highest BCUT2D eigenvalue weighted by atomic mass is 19.4. The molecule has 0 bridgehead atoms. The van der Waals surface area contributed by atoms with Gasteiger partial charge in [0, 0.05) is 49.8 Å². The van der Waals surface area contributed by atoms with Crippen molar-refractivity contribution in [1.82, 2.24) is 4.90 Å². The lowest BCUT2D eigenvalue weighted by molar-refractivity contribution is -0.137. The van der Waals surface area contributed by atoms with Crippen molar-refractivity contribution in [2.45, 2.75) is 19.5 Å². The molecule has 2 aromatic carbocycles. The number of rotatable bonds is 5. The van der Waals surface area contributed by atoms with E-state index in [0.717, 1.165) is 6.07 Å². The Morgan fingerprint density at radius 2 is 2.00 bits per heavy atom. The van der Waals surface area contributed by atoms with Gasteiger partial charge in [-0.25, -0.2) is 4.39 Å². The summed E-state index contributed by atoms with van der Waals surface area (Å²) in [4.78, 5) is 16.6. The van der Waals surface area contributed by atoms with Crippen LogP contribution in [0.5, 0.6) is 0 Å². The fraction of sp³-hybridized carbons (Fsp3) is 0.440. The van der Waals surface area contributed by atoms with Gasteiger partial charge in [0.1, 0.15) is 5.82 Å². The molecule has 2 aromatic rings. The number of hydrogen-bond donors (Lipinski definition) is 0. The third-order valence-electron chi connectivity index (χ3n) is 6.91. The molecular weight excluding hydrogens is 450 g/mol. The average Bonchev–Trinajstić information content (AvgIpc) is 3.20. The highest BCUT2D eigenvalue weighted by Gasteiger charge is 2.51. The molecule has 0 aromatic heterocycles. The SMILES string of the molecule is CCOCC12CCN(c3ccc(C#N)c(C(F)(F)F)c3)CC1CN(C(=O)c1ccccc1F)C2. The second-order valence-electron chi connectivity index (χ2n) is 8.90. The molecule has 0 N–H and O–H groups in total. The van der Waals surface area contributed by atoms with Crippen molar-refractivity contribution >= 4 is 11.6 Å². The van der Waals surface area contributed by atoms with Crippen molar-refractivity contribution in [3.8, 4) is 6.07 Å². The molecule has 2 heterocycles. The molecule has 1 amide bonds. The van der Waals surface area contributed by atoms with E-state index in [2.05, 4.69) is 0 Å². The molecule has 2 unspecified atom stereocenters. The maximum absolute atomic E-state index is 14.2. The predicted molar refractivity (Wildman–Crippen MR) is 118 cm³/mol. The fourth-order valence-electron chi connectivity index (χ4n) is 5.08. The molecule has 0 aliphatic carbocycles. The number of piperidine rings is 1. The number of nitriles is 1. The number of likely N-dealkylation sites (tertiary alicyclic amines) is 1.